The maximum atomic E-state index is 11.7. The molecule has 10 heteroatoms. The number of primary sulfonamides is 1. The monoisotopic (exact) mass is 442 g/mol. The average molecular weight is 443 g/mol. The van der Waals surface area contributed by atoms with Crippen LogP contribution in [-0.4, -0.2) is 18.4 Å². The molecule has 0 spiro atoms. The molecular weight excluding hydrogens is 424 g/mol. The van der Waals surface area contributed by atoms with Gasteiger partial charge in [-0.25, -0.2) is 18.5 Å². The lowest BCUT2D eigenvalue weighted by molar-refractivity contribution is 0.598. The molecule has 3 rings (SSSR count). The van der Waals surface area contributed by atoms with E-state index in [1.54, 1.807) is 12.3 Å². The average Bonchev–Trinajstić information content (AvgIpc) is 2.70. The van der Waals surface area contributed by atoms with Gasteiger partial charge in [0.25, 0.3) is 0 Å². The topological polar surface area (TPSA) is 134 Å². The number of aryl methyl sites for hydroxylation is 2. The molecule has 0 aliphatic carbocycles. The number of nitriles is 1. The number of anilines is 4. The second-order valence-corrected chi connectivity index (χ2v) is 8.46. The summed E-state index contributed by atoms with van der Waals surface area (Å²) < 4.78 is 23.3. The molecule has 0 aliphatic rings. The van der Waals surface area contributed by atoms with Crippen molar-refractivity contribution in [1.82, 2.24) is 9.97 Å². The van der Waals surface area contributed by atoms with E-state index >= 15 is 0 Å². The van der Waals surface area contributed by atoms with Crippen LogP contribution in [0.15, 0.2) is 53.6 Å². The maximum absolute atomic E-state index is 11.7. The Morgan fingerprint density at radius 1 is 1.13 bits per heavy atom. The molecule has 0 saturated heterocycles. The fourth-order valence-electron chi connectivity index (χ4n) is 2.65. The third-order valence-electron chi connectivity index (χ3n) is 4.21. The van der Waals surface area contributed by atoms with Crippen molar-refractivity contribution in [3.05, 3.63) is 64.8 Å². The van der Waals surface area contributed by atoms with Crippen molar-refractivity contribution in [2.45, 2.75) is 24.7 Å². The van der Waals surface area contributed by atoms with Crippen LogP contribution in [-0.2, 0) is 16.4 Å². The summed E-state index contributed by atoms with van der Waals surface area (Å²) in [5, 5.41) is 20.1. The Morgan fingerprint density at radius 2 is 1.83 bits per heavy atom. The summed E-state index contributed by atoms with van der Waals surface area (Å²) in [6.07, 6.45) is 2.83. The van der Waals surface area contributed by atoms with E-state index < -0.39 is 10.0 Å². The Kier molecular flexibility index (Phi) is 6.52. The SMILES string of the molecule is Cc1cnc(Nc2ccc(Cl)c(S(N)(=O)=O)c2)nc1Nc1ccc(CCC#N)cc1. The van der Waals surface area contributed by atoms with E-state index in [1.165, 1.54) is 12.1 Å². The highest BCUT2D eigenvalue weighted by Crippen LogP contribution is 2.26. The van der Waals surface area contributed by atoms with E-state index in [9.17, 15) is 8.42 Å². The quantitative estimate of drug-likeness (QED) is 0.502. The highest BCUT2D eigenvalue weighted by Gasteiger charge is 2.14. The lowest BCUT2D eigenvalue weighted by atomic mass is 10.1. The minimum Gasteiger partial charge on any atom is -0.340 e. The smallest absolute Gasteiger partial charge is 0.239 e. The number of rotatable bonds is 7. The largest absolute Gasteiger partial charge is 0.340 e. The third-order valence-corrected chi connectivity index (χ3v) is 5.60. The van der Waals surface area contributed by atoms with Gasteiger partial charge in [-0.05, 0) is 49.2 Å². The molecule has 0 atom stereocenters. The predicted molar refractivity (Wildman–Crippen MR) is 117 cm³/mol. The molecule has 3 aromatic rings. The first-order valence-electron chi connectivity index (χ1n) is 8.92. The predicted octanol–water partition coefficient (Wildman–Crippen LogP) is 4.03. The Balaban J connectivity index is 1.80. The standard InChI is InChI=1S/C20H19ClN6O2S/c1-13-12-24-20(26-16-8-9-17(21)18(11-16)30(23,28)29)27-19(13)25-15-6-4-14(5-7-15)3-2-10-22/h4-9,11-12H,2-3H2,1H3,(H2,23,28,29)(H2,24,25,26,27). The first-order chi connectivity index (χ1) is 14.3. The second kappa shape index (κ2) is 9.09. The number of hydrogen-bond donors (Lipinski definition) is 3. The molecule has 154 valence electrons. The van der Waals surface area contributed by atoms with E-state index in [2.05, 4.69) is 26.7 Å². The van der Waals surface area contributed by atoms with Gasteiger partial charge >= 0.3 is 0 Å². The van der Waals surface area contributed by atoms with Crippen LogP contribution in [0.2, 0.25) is 5.02 Å². The van der Waals surface area contributed by atoms with E-state index in [0.717, 1.165) is 16.8 Å². The molecule has 0 saturated carbocycles. The van der Waals surface area contributed by atoms with Crippen LogP contribution in [0.5, 0.6) is 0 Å². The number of aromatic nitrogens is 2. The highest BCUT2D eigenvalue weighted by atomic mass is 35.5. The minimum atomic E-state index is -3.96. The van der Waals surface area contributed by atoms with Gasteiger partial charge in [0.15, 0.2) is 0 Å². The van der Waals surface area contributed by atoms with Crippen molar-refractivity contribution < 1.29 is 8.42 Å². The van der Waals surface area contributed by atoms with Gasteiger partial charge in [0.2, 0.25) is 16.0 Å². The summed E-state index contributed by atoms with van der Waals surface area (Å²) in [5.41, 5.74) is 3.18. The number of halogens is 1. The summed E-state index contributed by atoms with van der Waals surface area (Å²) in [5.74, 6) is 0.870. The number of benzene rings is 2. The maximum Gasteiger partial charge on any atom is 0.239 e. The summed E-state index contributed by atoms with van der Waals surface area (Å²) in [6, 6.07) is 14.2. The van der Waals surface area contributed by atoms with Gasteiger partial charge < -0.3 is 10.6 Å². The molecule has 0 radical (unpaired) electrons. The summed E-state index contributed by atoms with van der Waals surface area (Å²) in [7, 11) is -3.96. The van der Waals surface area contributed by atoms with Gasteiger partial charge in [0.1, 0.15) is 10.7 Å². The Hall–Kier alpha value is -3.19. The van der Waals surface area contributed by atoms with Crippen molar-refractivity contribution in [1.29, 1.82) is 5.26 Å². The van der Waals surface area contributed by atoms with E-state index in [4.69, 9.17) is 22.0 Å². The number of nitrogens with one attached hydrogen (secondary N) is 2. The molecule has 1 heterocycles. The number of nitrogens with two attached hydrogens (primary N) is 1. The molecule has 30 heavy (non-hydrogen) atoms. The zero-order valence-electron chi connectivity index (χ0n) is 16.1. The highest BCUT2D eigenvalue weighted by molar-refractivity contribution is 7.89. The third kappa shape index (κ3) is 5.45. The number of sulfonamides is 1. The zero-order valence-corrected chi connectivity index (χ0v) is 17.6. The van der Waals surface area contributed by atoms with Crippen molar-refractivity contribution in [2.75, 3.05) is 10.6 Å². The molecule has 0 bridgehead atoms. The summed E-state index contributed by atoms with van der Waals surface area (Å²) in [4.78, 5) is 8.51. The first-order valence-corrected chi connectivity index (χ1v) is 10.8. The number of hydrogen-bond acceptors (Lipinski definition) is 7. The second-order valence-electron chi connectivity index (χ2n) is 6.52. The lowest BCUT2D eigenvalue weighted by Gasteiger charge is -2.12. The Bertz CT molecular complexity index is 1210. The normalized spacial score (nSPS) is 11.0. The van der Waals surface area contributed by atoms with Crippen LogP contribution < -0.4 is 15.8 Å². The minimum absolute atomic E-state index is 0.0356. The molecular formula is C20H19ClN6O2S. The molecule has 0 fully saturated rings. The van der Waals surface area contributed by atoms with Gasteiger partial charge in [-0.1, -0.05) is 23.7 Å². The van der Waals surface area contributed by atoms with E-state index in [1.807, 2.05) is 31.2 Å². The van der Waals surface area contributed by atoms with Crippen LogP contribution >= 0.6 is 11.6 Å². The van der Waals surface area contributed by atoms with Gasteiger partial charge in [-0.2, -0.15) is 10.2 Å². The molecule has 8 nitrogen and oxygen atoms in total. The first kappa shape index (κ1) is 21.5. The van der Waals surface area contributed by atoms with Crippen molar-refractivity contribution in [2.24, 2.45) is 5.14 Å². The van der Waals surface area contributed by atoms with Gasteiger partial charge in [0, 0.05) is 29.6 Å². The van der Waals surface area contributed by atoms with Crippen molar-refractivity contribution in [3.8, 4) is 6.07 Å². The Labute approximate surface area is 179 Å². The van der Waals surface area contributed by atoms with Crippen molar-refractivity contribution >= 4 is 44.8 Å². The number of nitrogens with zero attached hydrogens (tertiary/aromatic N) is 3. The van der Waals surface area contributed by atoms with E-state index in [-0.39, 0.29) is 15.9 Å². The molecule has 1 aromatic heterocycles. The molecule has 0 unspecified atom stereocenters. The molecule has 4 N–H and O–H groups in total. The molecule has 2 aromatic carbocycles. The van der Waals surface area contributed by atoms with Crippen LogP contribution in [0.3, 0.4) is 0 Å². The van der Waals surface area contributed by atoms with Crippen LogP contribution in [0.1, 0.15) is 17.5 Å². The van der Waals surface area contributed by atoms with Gasteiger partial charge in [-0.15, -0.1) is 0 Å². The fraction of sp³-hybridized carbons (Fsp3) is 0.150. The summed E-state index contributed by atoms with van der Waals surface area (Å²) >= 11 is 5.92. The van der Waals surface area contributed by atoms with Crippen LogP contribution in [0.25, 0.3) is 0 Å². The fourth-order valence-corrected chi connectivity index (χ4v) is 3.72. The Morgan fingerprint density at radius 3 is 2.50 bits per heavy atom. The van der Waals surface area contributed by atoms with E-state index in [0.29, 0.717) is 24.3 Å². The van der Waals surface area contributed by atoms with Crippen LogP contribution in [0, 0.1) is 18.3 Å². The van der Waals surface area contributed by atoms with Crippen LogP contribution in [0.4, 0.5) is 23.1 Å². The molecule has 0 amide bonds. The van der Waals surface area contributed by atoms with Gasteiger partial charge in [0.05, 0.1) is 11.1 Å². The lowest BCUT2D eigenvalue weighted by Crippen LogP contribution is -2.13. The van der Waals surface area contributed by atoms with Gasteiger partial charge in [-0.3, -0.25) is 0 Å². The summed E-state index contributed by atoms with van der Waals surface area (Å²) in [6.45, 7) is 1.87. The molecule has 0 aliphatic heterocycles. The zero-order chi connectivity index (χ0) is 21.7. The van der Waals surface area contributed by atoms with Crippen molar-refractivity contribution in [3.63, 3.8) is 0 Å².